The summed E-state index contributed by atoms with van der Waals surface area (Å²) in [6.45, 7) is 1.82. The van der Waals surface area contributed by atoms with Crippen LogP contribution in [0.25, 0.3) is 0 Å². The van der Waals surface area contributed by atoms with E-state index in [1.807, 2.05) is 5.32 Å². The summed E-state index contributed by atoms with van der Waals surface area (Å²) in [5, 5.41) is 11.1. The van der Waals surface area contributed by atoms with Crippen LogP contribution in [-0.2, 0) is 14.3 Å². The fraction of sp³-hybridized carbons (Fsp3) is 0.429. The molecule has 1 rings (SSSR count). The number of carbonyl (C=O) groups excluding carboxylic acids is 2. The lowest BCUT2D eigenvalue weighted by Gasteiger charge is -2.24. The second-order valence-corrected chi connectivity index (χ2v) is 4.76. The summed E-state index contributed by atoms with van der Waals surface area (Å²) in [5.41, 5.74) is -3.75. The topological polar surface area (TPSA) is 75.6 Å². The molecule has 0 saturated carbocycles. The van der Waals surface area contributed by atoms with Crippen molar-refractivity contribution in [1.29, 1.82) is 0 Å². The molecule has 0 aromatic heterocycles. The minimum atomic E-state index is -5.15. The molecule has 128 valence electrons. The lowest BCUT2D eigenvalue weighted by molar-refractivity contribution is -0.242. The first-order chi connectivity index (χ1) is 10.5. The largest absolute Gasteiger partial charge is 0.464 e. The summed E-state index contributed by atoms with van der Waals surface area (Å²) >= 11 is 0. The molecule has 0 saturated heterocycles. The van der Waals surface area contributed by atoms with Gasteiger partial charge in [-0.2, -0.15) is 13.2 Å². The van der Waals surface area contributed by atoms with Gasteiger partial charge in [0.25, 0.3) is 5.91 Å². The number of rotatable bonds is 5. The van der Waals surface area contributed by atoms with Gasteiger partial charge in [0, 0.05) is 5.69 Å². The number of esters is 1. The number of ether oxygens (including phenoxy) is 1. The summed E-state index contributed by atoms with van der Waals surface area (Å²) in [6.07, 6.45) is -7.19. The van der Waals surface area contributed by atoms with Crippen LogP contribution >= 0.6 is 0 Å². The maximum atomic E-state index is 13.7. The zero-order valence-corrected chi connectivity index (χ0v) is 12.3. The number of benzene rings is 1. The lowest BCUT2D eigenvalue weighted by atomic mass is 10.1. The zero-order valence-electron chi connectivity index (χ0n) is 12.3. The van der Waals surface area contributed by atoms with Gasteiger partial charge in [-0.3, -0.25) is 4.79 Å². The third kappa shape index (κ3) is 4.41. The van der Waals surface area contributed by atoms with Gasteiger partial charge < -0.3 is 15.2 Å². The molecule has 0 fully saturated rings. The minimum absolute atomic E-state index is 0.0000801. The first-order valence-electron chi connectivity index (χ1n) is 6.52. The van der Waals surface area contributed by atoms with Gasteiger partial charge in [-0.1, -0.05) is 12.1 Å². The van der Waals surface area contributed by atoms with E-state index in [0.717, 1.165) is 24.3 Å². The van der Waals surface area contributed by atoms with Crippen molar-refractivity contribution in [3.8, 4) is 0 Å². The van der Waals surface area contributed by atoms with E-state index in [1.54, 1.807) is 0 Å². The zero-order chi connectivity index (χ0) is 17.8. The molecule has 0 aliphatic heterocycles. The molecule has 5 nitrogen and oxygen atoms in total. The maximum absolute atomic E-state index is 13.7. The normalized spacial score (nSPS) is 15.4. The fourth-order valence-corrected chi connectivity index (χ4v) is 1.47. The first-order valence-corrected chi connectivity index (χ1v) is 6.52. The molecule has 0 aliphatic rings. The first kappa shape index (κ1) is 18.9. The highest BCUT2D eigenvalue weighted by atomic mass is 19.4. The number of aliphatic hydroxyl groups is 1. The Balaban J connectivity index is 2.82. The molecular formula is C14H15F4NO4. The molecule has 2 unspecified atom stereocenters. The molecule has 0 radical (unpaired) electrons. The number of hydrogen-bond donors (Lipinski definition) is 2. The quantitative estimate of drug-likeness (QED) is 0.639. The number of anilines is 1. The van der Waals surface area contributed by atoms with E-state index in [1.165, 1.54) is 6.92 Å². The fourth-order valence-electron chi connectivity index (χ4n) is 1.47. The van der Waals surface area contributed by atoms with Gasteiger partial charge in [-0.15, -0.1) is 0 Å². The highest BCUT2D eigenvalue weighted by Gasteiger charge is 2.55. The summed E-state index contributed by atoms with van der Waals surface area (Å²) < 4.78 is 55.7. The van der Waals surface area contributed by atoms with Crippen LogP contribution in [0.5, 0.6) is 0 Å². The van der Waals surface area contributed by atoms with E-state index in [0.29, 0.717) is 6.92 Å². The molecule has 1 aromatic rings. The van der Waals surface area contributed by atoms with Gasteiger partial charge >= 0.3 is 12.1 Å². The van der Waals surface area contributed by atoms with E-state index in [-0.39, 0.29) is 17.9 Å². The molecule has 0 aliphatic carbocycles. The van der Waals surface area contributed by atoms with Gasteiger partial charge in [-0.05, 0) is 31.5 Å². The highest BCUT2D eigenvalue weighted by molar-refractivity contribution is 5.97. The SMILES string of the molecule is CCOC(=O)C(F)c1ccc(NC(=O)C(C)(O)C(F)(F)F)cc1. The van der Waals surface area contributed by atoms with E-state index in [9.17, 15) is 32.3 Å². The maximum Gasteiger partial charge on any atom is 0.426 e. The smallest absolute Gasteiger partial charge is 0.426 e. The summed E-state index contributed by atoms with van der Waals surface area (Å²) in [6, 6.07) is 4.43. The number of nitrogens with one attached hydrogen (secondary N) is 1. The van der Waals surface area contributed by atoms with Crippen LogP contribution in [-0.4, -0.2) is 35.4 Å². The van der Waals surface area contributed by atoms with E-state index < -0.39 is 29.8 Å². The van der Waals surface area contributed by atoms with E-state index in [2.05, 4.69) is 4.74 Å². The molecule has 0 bridgehead atoms. The molecule has 2 N–H and O–H groups in total. The van der Waals surface area contributed by atoms with Crippen LogP contribution in [0, 0.1) is 0 Å². The van der Waals surface area contributed by atoms with Crippen molar-refractivity contribution < 1.29 is 37.0 Å². The number of hydrogen-bond acceptors (Lipinski definition) is 4. The molecule has 9 heteroatoms. The molecular weight excluding hydrogens is 322 g/mol. The minimum Gasteiger partial charge on any atom is -0.464 e. The predicted octanol–water partition coefficient (Wildman–Crippen LogP) is 2.51. The number of alkyl halides is 4. The van der Waals surface area contributed by atoms with Crippen molar-refractivity contribution in [2.24, 2.45) is 0 Å². The second kappa shape index (κ2) is 6.95. The van der Waals surface area contributed by atoms with Gasteiger partial charge in [0.15, 0.2) is 0 Å². The van der Waals surface area contributed by atoms with Crippen LogP contribution < -0.4 is 5.32 Å². The number of amides is 1. The standard InChI is InChI=1S/C14H15F4NO4/c1-3-23-11(20)10(15)8-4-6-9(7-5-8)19-12(21)13(2,22)14(16,17)18/h4-7,10,22H,3H2,1-2H3,(H,19,21). The van der Waals surface area contributed by atoms with Crippen molar-refractivity contribution in [3.05, 3.63) is 29.8 Å². The van der Waals surface area contributed by atoms with Crippen molar-refractivity contribution >= 4 is 17.6 Å². The highest BCUT2D eigenvalue weighted by Crippen LogP contribution is 2.31. The Morgan fingerprint density at radius 1 is 1.26 bits per heavy atom. The summed E-state index contributed by atoms with van der Waals surface area (Å²) in [7, 11) is 0. The molecule has 0 spiro atoms. The van der Waals surface area contributed by atoms with Gasteiger partial charge in [0.05, 0.1) is 6.61 Å². The molecule has 23 heavy (non-hydrogen) atoms. The molecule has 1 amide bonds. The molecule has 0 heterocycles. The Kier molecular flexibility index (Phi) is 5.70. The average molecular weight is 337 g/mol. The van der Waals surface area contributed by atoms with Crippen molar-refractivity contribution in [2.75, 3.05) is 11.9 Å². The van der Waals surface area contributed by atoms with Crippen LogP contribution in [0.4, 0.5) is 23.2 Å². The third-order valence-corrected chi connectivity index (χ3v) is 2.95. The Labute approximate surface area is 129 Å². The van der Waals surface area contributed by atoms with Crippen LogP contribution in [0.2, 0.25) is 0 Å². The Morgan fingerprint density at radius 2 is 1.78 bits per heavy atom. The van der Waals surface area contributed by atoms with Gasteiger partial charge in [0.1, 0.15) is 0 Å². The lowest BCUT2D eigenvalue weighted by Crippen LogP contribution is -2.52. The summed E-state index contributed by atoms with van der Waals surface area (Å²) in [5.74, 6) is -2.77. The van der Waals surface area contributed by atoms with Crippen molar-refractivity contribution in [1.82, 2.24) is 0 Å². The Morgan fingerprint density at radius 3 is 2.22 bits per heavy atom. The third-order valence-electron chi connectivity index (χ3n) is 2.95. The van der Waals surface area contributed by atoms with Crippen LogP contribution in [0.1, 0.15) is 25.6 Å². The monoisotopic (exact) mass is 337 g/mol. The van der Waals surface area contributed by atoms with Crippen LogP contribution in [0.15, 0.2) is 24.3 Å². The van der Waals surface area contributed by atoms with Crippen LogP contribution in [0.3, 0.4) is 0 Å². The number of carbonyl (C=O) groups is 2. The molecule has 2 atom stereocenters. The van der Waals surface area contributed by atoms with Crippen molar-refractivity contribution in [2.45, 2.75) is 31.8 Å². The Hall–Kier alpha value is -2.16. The number of halogens is 4. The molecule has 1 aromatic carbocycles. The van der Waals surface area contributed by atoms with Crippen molar-refractivity contribution in [3.63, 3.8) is 0 Å². The predicted molar refractivity (Wildman–Crippen MR) is 72.2 cm³/mol. The second-order valence-electron chi connectivity index (χ2n) is 4.76. The average Bonchev–Trinajstić information content (AvgIpc) is 2.46. The van der Waals surface area contributed by atoms with Gasteiger partial charge in [0.2, 0.25) is 11.8 Å². The van der Waals surface area contributed by atoms with E-state index in [4.69, 9.17) is 0 Å². The van der Waals surface area contributed by atoms with E-state index >= 15 is 0 Å². The Bertz CT molecular complexity index is 569. The summed E-state index contributed by atoms with van der Waals surface area (Å²) in [4.78, 5) is 22.7. The van der Waals surface area contributed by atoms with Gasteiger partial charge in [-0.25, -0.2) is 9.18 Å².